The number of ether oxygens (including phenoxy) is 3. The van der Waals surface area contributed by atoms with Crippen molar-refractivity contribution in [2.45, 2.75) is 56.7 Å². The number of nitrogens with zero attached hydrogens (tertiary/aromatic N) is 1. The number of aliphatic hydroxyl groups excluding tert-OH is 1. The maximum absolute atomic E-state index is 13.6. The predicted octanol–water partition coefficient (Wildman–Crippen LogP) is 3.72. The molecule has 2 saturated heterocycles. The van der Waals surface area contributed by atoms with Gasteiger partial charge >= 0.3 is 0 Å². The summed E-state index contributed by atoms with van der Waals surface area (Å²) >= 11 is 0. The Balaban J connectivity index is 1.42. The molecule has 35 heavy (non-hydrogen) atoms. The molecule has 2 aliphatic rings. The van der Waals surface area contributed by atoms with Crippen LogP contribution in [0.2, 0.25) is 0 Å². The molecule has 0 aliphatic carbocycles. The molecule has 5 atom stereocenters. The summed E-state index contributed by atoms with van der Waals surface area (Å²) in [5, 5.41) is 10.8. The smallest absolute Gasteiger partial charge is 0.254 e. The largest absolute Gasteiger partial charge is 0.391 e. The highest BCUT2D eigenvalue weighted by Gasteiger charge is 2.55. The summed E-state index contributed by atoms with van der Waals surface area (Å²) in [5.74, 6) is -0.153. The van der Waals surface area contributed by atoms with Gasteiger partial charge in [-0.25, -0.2) is 0 Å². The average molecular weight is 474 g/mol. The van der Waals surface area contributed by atoms with Gasteiger partial charge in [0, 0.05) is 6.54 Å². The molecule has 0 spiro atoms. The zero-order chi connectivity index (χ0) is 24.0. The topological polar surface area (TPSA) is 68.2 Å². The highest BCUT2D eigenvalue weighted by atomic mass is 16.6. The summed E-state index contributed by atoms with van der Waals surface area (Å²) in [6, 6.07) is 29.1. The van der Waals surface area contributed by atoms with Crippen LogP contribution in [0.15, 0.2) is 91.0 Å². The van der Waals surface area contributed by atoms with Crippen LogP contribution in [0.25, 0.3) is 0 Å². The fourth-order valence-corrected chi connectivity index (χ4v) is 4.96. The van der Waals surface area contributed by atoms with Crippen LogP contribution in [-0.2, 0) is 38.8 Å². The van der Waals surface area contributed by atoms with E-state index in [1.54, 1.807) is 4.90 Å². The van der Waals surface area contributed by atoms with E-state index in [0.29, 0.717) is 26.2 Å². The van der Waals surface area contributed by atoms with E-state index in [0.717, 1.165) is 16.7 Å². The van der Waals surface area contributed by atoms with Gasteiger partial charge < -0.3 is 24.2 Å². The maximum atomic E-state index is 13.6. The molecule has 0 unspecified atom stereocenters. The van der Waals surface area contributed by atoms with Crippen molar-refractivity contribution in [1.29, 1.82) is 0 Å². The molecule has 0 aromatic heterocycles. The maximum Gasteiger partial charge on any atom is 0.254 e. The van der Waals surface area contributed by atoms with Gasteiger partial charge in [0.05, 0.1) is 32.0 Å². The first-order valence-corrected chi connectivity index (χ1v) is 12.2. The Bertz CT molecular complexity index is 1080. The lowest BCUT2D eigenvalue weighted by molar-refractivity contribution is -0.210. The molecule has 1 N–H and O–H groups in total. The number of carbonyl (C=O) groups is 1. The highest BCUT2D eigenvalue weighted by Crippen LogP contribution is 2.35. The lowest BCUT2D eigenvalue weighted by Gasteiger charge is -2.45. The first-order valence-electron chi connectivity index (χ1n) is 12.2. The monoisotopic (exact) mass is 473 g/mol. The number of hydrogen-bond donors (Lipinski definition) is 1. The van der Waals surface area contributed by atoms with E-state index >= 15 is 0 Å². The van der Waals surface area contributed by atoms with E-state index in [-0.39, 0.29) is 12.5 Å². The quantitative estimate of drug-likeness (QED) is 0.513. The Morgan fingerprint density at radius 2 is 1.14 bits per heavy atom. The number of fused-ring (bicyclic) bond motifs is 1. The summed E-state index contributed by atoms with van der Waals surface area (Å²) < 4.78 is 19.0. The molecule has 2 aliphatic heterocycles. The van der Waals surface area contributed by atoms with Crippen LogP contribution in [-0.4, -0.2) is 52.9 Å². The Kier molecular flexibility index (Phi) is 7.54. The van der Waals surface area contributed by atoms with E-state index in [1.807, 2.05) is 91.0 Å². The number of carbonyl (C=O) groups excluding carboxylic acids is 1. The summed E-state index contributed by atoms with van der Waals surface area (Å²) in [6.45, 7) is 1.44. The molecule has 182 valence electrons. The van der Waals surface area contributed by atoms with E-state index in [4.69, 9.17) is 14.2 Å². The van der Waals surface area contributed by atoms with Crippen LogP contribution in [0, 0.1) is 0 Å². The van der Waals surface area contributed by atoms with E-state index in [2.05, 4.69) is 0 Å². The standard InChI is InChI=1S/C29H31NO5/c31-24-16-17-30-25(24)26(33-18-21-10-4-1-5-11-21)27(34-19-22-12-6-2-7-13-22)28(29(30)32)35-20-23-14-8-3-9-15-23/h1-15,24-28,31H,16-20H2/t24-,25+,26+,27-,28+/m0/s1. The van der Waals surface area contributed by atoms with Gasteiger partial charge in [-0.15, -0.1) is 0 Å². The molecular weight excluding hydrogens is 442 g/mol. The molecule has 2 fully saturated rings. The zero-order valence-corrected chi connectivity index (χ0v) is 19.6. The van der Waals surface area contributed by atoms with Gasteiger partial charge in [-0.05, 0) is 23.1 Å². The first kappa shape index (κ1) is 23.7. The van der Waals surface area contributed by atoms with Crippen molar-refractivity contribution in [2.24, 2.45) is 0 Å². The molecule has 5 rings (SSSR count). The SMILES string of the molecule is O=C1[C@H](OCc2ccccc2)[C@@H](OCc2ccccc2)[C@H](OCc2ccccc2)[C@H]2[C@@H](O)CCN12. The lowest BCUT2D eigenvalue weighted by Crippen LogP contribution is -2.66. The van der Waals surface area contributed by atoms with Crippen LogP contribution >= 0.6 is 0 Å². The molecule has 6 heteroatoms. The molecule has 0 saturated carbocycles. The zero-order valence-electron chi connectivity index (χ0n) is 19.6. The number of benzene rings is 3. The molecule has 0 radical (unpaired) electrons. The Morgan fingerprint density at radius 1 is 0.686 bits per heavy atom. The van der Waals surface area contributed by atoms with Crippen molar-refractivity contribution in [3.05, 3.63) is 108 Å². The van der Waals surface area contributed by atoms with Gasteiger partial charge in [-0.1, -0.05) is 91.0 Å². The van der Waals surface area contributed by atoms with Gasteiger partial charge in [0.1, 0.15) is 12.2 Å². The second kappa shape index (κ2) is 11.1. The predicted molar refractivity (Wildman–Crippen MR) is 131 cm³/mol. The third kappa shape index (κ3) is 5.46. The second-order valence-electron chi connectivity index (χ2n) is 9.12. The fraction of sp³-hybridized carbons (Fsp3) is 0.345. The minimum Gasteiger partial charge on any atom is -0.391 e. The molecule has 1 amide bonds. The number of rotatable bonds is 9. The third-order valence-corrected chi connectivity index (χ3v) is 6.75. The molecule has 6 nitrogen and oxygen atoms in total. The minimum absolute atomic E-state index is 0.153. The van der Waals surface area contributed by atoms with Crippen LogP contribution < -0.4 is 0 Å². The van der Waals surface area contributed by atoms with Crippen molar-refractivity contribution >= 4 is 5.91 Å². The van der Waals surface area contributed by atoms with Crippen molar-refractivity contribution in [3.8, 4) is 0 Å². The summed E-state index contributed by atoms with van der Waals surface area (Å²) in [5.41, 5.74) is 3.00. The highest BCUT2D eigenvalue weighted by molar-refractivity contribution is 5.83. The molecular formula is C29H31NO5. The molecule has 0 bridgehead atoms. The van der Waals surface area contributed by atoms with Crippen molar-refractivity contribution in [3.63, 3.8) is 0 Å². The summed E-state index contributed by atoms with van der Waals surface area (Å²) in [4.78, 5) is 15.3. The fourth-order valence-electron chi connectivity index (χ4n) is 4.96. The number of piperidine rings is 1. The average Bonchev–Trinajstić information content (AvgIpc) is 3.30. The normalized spacial score (nSPS) is 26.0. The van der Waals surface area contributed by atoms with Crippen molar-refractivity contribution in [2.75, 3.05) is 6.54 Å². The summed E-state index contributed by atoms with van der Waals surface area (Å²) in [6.07, 6.45) is -2.18. The van der Waals surface area contributed by atoms with Crippen LogP contribution in [0.4, 0.5) is 0 Å². The number of amides is 1. The lowest BCUT2D eigenvalue weighted by atomic mass is 9.91. The van der Waals surface area contributed by atoms with Crippen LogP contribution in [0.5, 0.6) is 0 Å². The van der Waals surface area contributed by atoms with Gasteiger partial charge in [0.15, 0.2) is 6.10 Å². The van der Waals surface area contributed by atoms with Crippen molar-refractivity contribution in [1.82, 2.24) is 4.90 Å². The van der Waals surface area contributed by atoms with Crippen molar-refractivity contribution < 1.29 is 24.1 Å². The Hall–Kier alpha value is -3.03. The van der Waals surface area contributed by atoms with E-state index in [1.165, 1.54) is 0 Å². The summed E-state index contributed by atoms with van der Waals surface area (Å²) in [7, 11) is 0. The molecule has 3 aromatic rings. The van der Waals surface area contributed by atoms with Gasteiger partial charge in [-0.3, -0.25) is 4.79 Å². The second-order valence-corrected chi connectivity index (χ2v) is 9.12. The van der Waals surface area contributed by atoms with Gasteiger partial charge in [0.2, 0.25) is 0 Å². The van der Waals surface area contributed by atoms with Crippen LogP contribution in [0.3, 0.4) is 0 Å². The Labute approximate surface area is 206 Å². The van der Waals surface area contributed by atoms with Crippen LogP contribution in [0.1, 0.15) is 23.1 Å². The number of hydrogen-bond acceptors (Lipinski definition) is 5. The third-order valence-electron chi connectivity index (χ3n) is 6.75. The molecule has 3 aromatic carbocycles. The van der Waals surface area contributed by atoms with E-state index < -0.39 is 30.5 Å². The van der Waals surface area contributed by atoms with E-state index in [9.17, 15) is 9.90 Å². The number of aliphatic hydroxyl groups is 1. The van der Waals surface area contributed by atoms with Gasteiger partial charge in [0.25, 0.3) is 5.91 Å². The molecule has 2 heterocycles. The minimum atomic E-state index is -0.832. The Morgan fingerprint density at radius 3 is 1.66 bits per heavy atom. The first-order chi connectivity index (χ1) is 17.2. The van der Waals surface area contributed by atoms with Gasteiger partial charge in [-0.2, -0.15) is 0 Å².